The van der Waals surface area contributed by atoms with E-state index in [4.69, 9.17) is 19.6 Å². The van der Waals surface area contributed by atoms with Gasteiger partial charge in [-0.3, -0.25) is 4.99 Å². The van der Waals surface area contributed by atoms with Crippen LogP contribution >= 0.6 is 0 Å². The number of amides is 1. The number of fused-ring (bicyclic) bond motifs is 1. The van der Waals surface area contributed by atoms with Gasteiger partial charge in [-0.1, -0.05) is 66.7 Å². The van der Waals surface area contributed by atoms with Crippen molar-refractivity contribution in [1.29, 1.82) is 0 Å². The Bertz CT molecular complexity index is 1500. The van der Waals surface area contributed by atoms with Gasteiger partial charge in [0.05, 0.1) is 29.0 Å². The number of benzene rings is 3. The summed E-state index contributed by atoms with van der Waals surface area (Å²) >= 11 is 0. The molecule has 2 atom stereocenters. The summed E-state index contributed by atoms with van der Waals surface area (Å²) < 4.78 is 13.7. The third-order valence-corrected chi connectivity index (χ3v) is 8.07. The molecule has 42 heavy (non-hydrogen) atoms. The summed E-state index contributed by atoms with van der Waals surface area (Å²) in [5, 5.41) is 9.01. The number of ether oxygens (including phenoxy) is 2. The van der Waals surface area contributed by atoms with Gasteiger partial charge in [0.25, 0.3) is 0 Å². The maximum absolute atomic E-state index is 13.0. The number of rotatable bonds is 8. The van der Waals surface area contributed by atoms with E-state index in [2.05, 4.69) is 47.8 Å². The van der Waals surface area contributed by atoms with E-state index in [1.807, 2.05) is 68.0 Å². The first kappa shape index (κ1) is 28.2. The van der Waals surface area contributed by atoms with Gasteiger partial charge in [-0.2, -0.15) is 5.10 Å². The molecule has 2 heterocycles. The van der Waals surface area contributed by atoms with E-state index in [0.717, 1.165) is 72.0 Å². The Balaban J connectivity index is 1.37. The lowest BCUT2D eigenvalue weighted by molar-refractivity contribution is -0.0366. The van der Waals surface area contributed by atoms with E-state index >= 15 is 0 Å². The number of alkyl carbamates (subject to hydrolysis) is 1. The summed E-state index contributed by atoms with van der Waals surface area (Å²) in [6.07, 6.45) is 7.12. The zero-order chi connectivity index (χ0) is 29.2. The van der Waals surface area contributed by atoms with Gasteiger partial charge in [0, 0.05) is 23.1 Å². The number of aromatic nitrogens is 2. The number of carbonyl (C=O) groups excluding carboxylic acids is 1. The van der Waals surface area contributed by atoms with Gasteiger partial charge in [-0.15, -0.1) is 0 Å². The summed E-state index contributed by atoms with van der Waals surface area (Å²) in [7, 11) is 0. The van der Waals surface area contributed by atoms with Crippen molar-refractivity contribution < 1.29 is 14.3 Å². The van der Waals surface area contributed by atoms with E-state index in [9.17, 15) is 4.79 Å². The molecule has 2 unspecified atom stereocenters. The second kappa shape index (κ2) is 11.7. The average Bonchev–Trinajstić information content (AvgIpc) is 3.64. The number of hydrogen-bond donors (Lipinski definition) is 1. The normalized spacial score (nSPS) is 18.7. The lowest BCUT2D eigenvalue weighted by atomic mass is 9.95. The van der Waals surface area contributed by atoms with Crippen LogP contribution in [0.25, 0.3) is 10.9 Å². The summed E-state index contributed by atoms with van der Waals surface area (Å²) in [6.45, 7) is 6.44. The first-order valence-electron chi connectivity index (χ1n) is 15.1. The molecule has 2 aliphatic rings. The second-order valence-corrected chi connectivity index (χ2v) is 12.5. The Labute approximate surface area is 247 Å². The third-order valence-electron chi connectivity index (χ3n) is 8.07. The van der Waals surface area contributed by atoms with Crippen molar-refractivity contribution in [2.24, 2.45) is 4.99 Å². The molecule has 7 nitrogen and oxygen atoms in total. The van der Waals surface area contributed by atoms with E-state index in [0.29, 0.717) is 6.42 Å². The zero-order valence-electron chi connectivity index (χ0n) is 24.8. The smallest absolute Gasteiger partial charge is 0.408 e. The first-order valence-corrected chi connectivity index (χ1v) is 15.1. The van der Waals surface area contributed by atoms with Crippen molar-refractivity contribution in [3.8, 4) is 0 Å². The fraction of sp³-hybridized carbons (Fsp3) is 0.400. The van der Waals surface area contributed by atoms with Crippen molar-refractivity contribution in [2.45, 2.75) is 82.7 Å². The van der Waals surface area contributed by atoms with Gasteiger partial charge in [0.15, 0.2) is 6.23 Å². The Morgan fingerprint density at radius 2 is 1.74 bits per heavy atom. The van der Waals surface area contributed by atoms with E-state index in [1.54, 1.807) is 0 Å². The van der Waals surface area contributed by atoms with Gasteiger partial charge in [0.1, 0.15) is 5.60 Å². The highest BCUT2D eigenvalue weighted by molar-refractivity contribution is 6.13. The Kier molecular flexibility index (Phi) is 7.86. The molecule has 218 valence electrons. The minimum atomic E-state index is -0.578. The van der Waals surface area contributed by atoms with Crippen LogP contribution in [0.3, 0.4) is 0 Å². The standard InChI is InChI=1S/C35H40N4O3/c1-34(2,3)42-33(40)38-35(19-20-35)30(37-32(26-12-6-4-7-13-26)27-14-8-5-9-15-27)23-25-17-18-29-28(22-25)24-36-39(29)31-16-10-11-21-41-31/h4-9,12-15,17-18,22,24,30-31H,10-11,16,19-21,23H2,1-3H3,(H,38,40). The quantitative estimate of drug-likeness (QED) is 0.229. The molecule has 1 aliphatic carbocycles. The van der Waals surface area contributed by atoms with Crippen molar-refractivity contribution in [2.75, 3.05) is 6.61 Å². The highest BCUT2D eigenvalue weighted by Gasteiger charge is 2.51. The first-order chi connectivity index (χ1) is 20.3. The highest BCUT2D eigenvalue weighted by Crippen LogP contribution is 2.42. The second-order valence-electron chi connectivity index (χ2n) is 12.5. The van der Waals surface area contributed by atoms with E-state index in [1.165, 1.54) is 0 Å². The van der Waals surface area contributed by atoms with Gasteiger partial charge in [0.2, 0.25) is 0 Å². The third kappa shape index (κ3) is 6.41. The maximum atomic E-state index is 13.0. The lowest BCUT2D eigenvalue weighted by Crippen LogP contribution is -2.48. The number of carbonyl (C=O) groups is 1. The monoisotopic (exact) mass is 564 g/mol. The van der Waals surface area contributed by atoms with Crippen LogP contribution in [0.4, 0.5) is 4.79 Å². The van der Waals surface area contributed by atoms with Crippen LogP contribution in [0.15, 0.2) is 90.1 Å². The van der Waals surface area contributed by atoms with Crippen LogP contribution in [0.2, 0.25) is 0 Å². The largest absolute Gasteiger partial charge is 0.444 e. The summed E-state index contributed by atoms with van der Waals surface area (Å²) in [5.41, 5.74) is 4.18. The minimum absolute atomic E-state index is 0.00786. The highest BCUT2D eigenvalue weighted by atomic mass is 16.6. The Morgan fingerprint density at radius 1 is 1.05 bits per heavy atom. The topological polar surface area (TPSA) is 77.7 Å². The molecule has 1 aromatic heterocycles. The van der Waals surface area contributed by atoms with Crippen molar-refractivity contribution in [3.63, 3.8) is 0 Å². The molecule has 1 N–H and O–H groups in total. The molecule has 7 heteroatoms. The van der Waals surface area contributed by atoms with Gasteiger partial charge < -0.3 is 14.8 Å². The summed E-state index contributed by atoms with van der Waals surface area (Å²) in [5.74, 6) is 0. The van der Waals surface area contributed by atoms with Crippen molar-refractivity contribution >= 4 is 22.7 Å². The maximum Gasteiger partial charge on any atom is 0.408 e. The Morgan fingerprint density at radius 3 is 2.33 bits per heavy atom. The minimum Gasteiger partial charge on any atom is -0.444 e. The molecule has 1 saturated carbocycles. The molecule has 1 aliphatic heterocycles. The van der Waals surface area contributed by atoms with Crippen LogP contribution < -0.4 is 5.32 Å². The van der Waals surface area contributed by atoms with Crippen LogP contribution in [-0.4, -0.2) is 45.4 Å². The predicted molar refractivity (Wildman–Crippen MR) is 166 cm³/mol. The van der Waals surface area contributed by atoms with Gasteiger partial charge in [-0.05, 0) is 77.0 Å². The van der Waals surface area contributed by atoms with Gasteiger partial charge >= 0.3 is 6.09 Å². The summed E-state index contributed by atoms with van der Waals surface area (Å²) in [6, 6.07) is 26.9. The molecule has 2 fully saturated rings. The van der Waals surface area contributed by atoms with Crippen LogP contribution in [-0.2, 0) is 15.9 Å². The predicted octanol–water partition coefficient (Wildman–Crippen LogP) is 7.24. The fourth-order valence-electron chi connectivity index (χ4n) is 5.81. The van der Waals surface area contributed by atoms with Crippen LogP contribution in [0.1, 0.15) is 75.8 Å². The zero-order valence-corrected chi connectivity index (χ0v) is 24.8. The summed E-state index contributed by atoms with van der Waals surface area (Å²) in [4.78, 5) is 18.5. The molecule has 4 aromatic rings. The van der Waals surface area contributed by atoms with Crippen molar-refractivity contribution in [1.82, 2.24) is 15.1 Å². The average molecular weight is 565 g/mol. The molecule has 3 aromatic carbocycles. The molecule has 6 rings (SSSR count). The molecule has 1 amide bonds. The van der Waals surface area contributed by atoms with E-state index in [-0.39, 0.29) is 12.3 Å². The number of nitrogens with zero attached hydrogens (tertiary/aromatic N) is 3. The number of hydrogen-bond acceptors (Lipinski definition) is 5. The van der Waals surface area contributed by atoms with Crippen LogP contribution in [0.5, 0.6) is 0 Å². The molecule has 1 saturated heterocycles. The van der Waals surface area contributed by atoms with Gasteiger partial charge in [-0.25, -0.2) is 9.48 Å². The number of aliphatic imine (C=N–C) groups is 1. The Hall–Kier alpha value is -3.97. The number of nitrogens with one attached hydrogen (secondary N) is 1. The molecular formula is C35H40N4O3. The van der Waals surface area contributed by atoms with E-state index < -0.39 is 17.2 Å². The molecular weight excluding hydrogens is 524 g/mol. The lowest BCUT2D eigenvalue weighted by Gasteiger charge is -2.28. The molecule has 0 radical (unpaired) electrons. The SMILES string of the molecule is CC(C)(C)OC(=O)NC1(C(Cc2ccc3c(cnn3C3CCCCO3)c2)N=C(c2ccccc2)c2ccccc2)CC1. The fourth-order valence-corrected chi connectivity index (χ4v) is 5.81. The molecule has 0 spiro atoms. The van der Waals surface area contributed by atoms with Crippen LogP contribution in [0, 0.1) is 0 Å². The molecule has 0 bridgehead atoms. The van der Waals surface area contributed by atoms with Crippen molar-refractivity contribution in [3.05, 3.63) is 102 Å².